The number of benzene rings is 1. The molecule has 3 aromatic rings. The Hall–Kier alpha value is -2.16. The number of aromatic nitrogens is 3. The maximum Gasteiger partial charge on any atom is 0.310 e. The predicted molar refractivity (Wildman–Crippen MR) is 111 cm³/mol. The monoisotopic (exact) mass is 434 g/mol. The Labute approximate surface area is 177 Å². The van der Waals surface area contributed by atoms with Gasteiger partial charge in [0, 0.05) is 11.6 Å². The quantitative estimate of drug-likeness (QED) is 0.615. The van der Waals surface area contributed by atoms with Crippen molar-refractivity contribution in [1.29, 1.82) is 0 Å². The molecule has 0 radical (unpaired) electrons. The Bertz CT molecular complexity index is 1030. The van der Waals surface area contributed by atoms with Crippen molar-refractivity contribution in [2.24, 2.45) is 5.92 Å². The topological polar surface area (TPSA) is 80.0 Å². The first-order valence-electron chi connectivity index (χ1n) is 9.69. The molecule has 1 aromatic carbocycles. The number of likely N-dealkylation sites (tertiary alicyclic amines) is 1. The van der Waals surface area contributed by atoms with E-state index in [1.807, 2.05) is 31.2 Å². The van der Waals surface area contributed by atoms with E-state index in [0.717, 1.165) is 29.8 Å². The number of carbonyl (C=O) groups excluding carboxylic acids is 1. The SMILES string of the molecule is CCOC(=O)[C@H]1CCCN([C@@H](c2ccccc2Cl)c2sc3nc(C)nn3c2O)C1. The number of halogens is 1. The van der Waals surface area contributed by atoms with Crippen LogP contribution >= 0.6 is 22.9 Å². The van der Waals surface area contributed by atoms with Crippen molar-refractivity contribution in [3.8, 4) is 5.88 Å². The fraction of sp³-hybridized carbons (Fsp3) is 0.450. The molecule has 2 atom stereocenters. The van der Waals surface area contributed by atoms with Crippen LogP contribution in [0, 0.1) is 12.8 Å². The van der Waals surface area contributed by atoms with Crippen molar-refractivity contribution < 1.29 is 14.6 Å². The highest BCUT2D eigenvalue weighted by atomic mass is 35.5. The van der Waals surface area contributed by atoms with Crippen molar-refractivity contribution in [1.82, 2.24) is 19.5 Å². The number of thiazole rings is 1. The molecule has 0 aliphatic carbocycles. The maximum atomic E-state index is 12.4. The van der Waals surface area contributed by atoms with Crippen LogP contribution < -0.4 is 0 Å². The van der Waals surface area contributed by atoms with Gasteiger partial charge in [-0.3, -0.25) is 9.69 Å². The molecule has 0 saturated carbocycles. The van der Waals surface area contributed by atoms with Gasteiger partial charge in [0.2, 0.25) is 10.8 Å². The fourth-order valence-electron chi connectivity index (χ4n) is 3.92. The molecule has 1 saturated heterocycles. The molecular weight excluding hydrogens is 412 g/mol. The van der Waals surface area contributed by atoms with Gasteiger partial charge >= 0.3 is 5.97 Å². The number of aryl methyl sites for hydroxylation is 1. The number of esters is 1. The molecule has 1 aliphatic rings. The highest BCUT2D eigenvalue weighted by Crippen LogP contribution is 2.43. The largest absolute Gasteiger partial charge is 0.492 e. The first kappa shape index (κ1) is 20.1. The van der Waals surface area contributed by atoms with Crippen molar-refractivity contribution in [3.63, 3.8) is 0 Å². The van der Waals surface area contributed by atoms with Gasteiger partial charge in [-0.2, -0.15) is 4.52 Å². The van der Waals surface area contributed by atoms with E-state index < -0.39 is 0 Å². The Morgan fingerprint density at radius 2 is 2.24 bits per heavy atom. The molecule has 3 heterocycles. The summed E-state index contributed by atoms with van der Waals surface area (Å²) in [5, 5.41) is 15.8. The molecule has 1 fully saturated rings. The van der Waals surface area contributed by atoms with E-state index in [1.54, 1.807) is 6.92 Å². The van der Waals surface area contributed by atoms with Gasteiger partial charge < -0.3 is 9.84 Å². The van der Waals surface area contributed by atoms with Crippen LogP contribution in [0.3, 0.4) is 0 Å². The summed E-state index contributed by atoms with van der Waals surface area (Å²) in [6, 6.07) is 7.32. The van der Waals surface area contributed by atoms with Crippen LogP contribution in [-0.2, 0) is 9.53 Å². The number of fused-ring (bicyclic) bond motifs is 1. The first-order chi connectivity index (χ1) is 14.0. The highest BCUT2D eigenvalue weighted by molar-refractivity contribution is 7.17. The molecule has 154 valence electrons. The van der Waals surface area contributed by atoms with Gasteiger partial charge in [-0.05, 0) is 44.9 Å². The van der Waals surface area contributed by atoms with Crippen LogP contribution in [0.2, 0.25) is 5.02 Å². The summed E-state index contributed by atoms with van der Waals surface area (Å²) in [5.41, 5.74) is 0.884. The number of aromatic hydroxyl groups is 1. The Kier molecular flexibility index (Phi) is 5.76. The van der Waals surface area contributed by atoms with Crippen molar-refractivity contribution in [2.75, 3.05) is 19.7 Å². The smallest absolute Gasteiger partial charge is 0.310 e. The minimum Gasteiger partial charge on any atom is -0.492 e. The first-order valence-corrected chi connectivity index (χ1v) is 10.9. The summed E-state index contributed by atoms with van der Waals surface area (Å²) in [5.74, 6) is 0.305. The van der Waals surface area contributed by atoms with Gasteiger partial charge in [0.05, 0.1) is 23.4 Å². The molecule has 2 aromatic heterocycles. The third-order valence-corrected chi connectivity index (χ3v) is 6.61. The lowest BCUT2D eigenvalue weighted by atomic mass is 9.94. The molecule has 7 nitrogen and oxygen atoms in total. The zero-order valence-electron chi connectivity index (χ0n) is 16.3. The average molecular weight is 435 g/mol. The second kappa shape index (κ2) is 8.30. The number of piperidine rings is 1. The summed E-state index contributed by atoms with van der Waals surface area (Å²) in [6.07, 6.45) is 1.66. The van der Waals surface area contributed by atoms with Gasteiger partial charge in [0.1, 0.15) is 5.82 Å². The van der Waals surface area contributed by atoms with Crippen LogP contribution in [0.5, 0.6) is 5.88 Å². The predicted octanol–water partition coefficient (Wildman–Crippen LogP) is 3.82. The summed E-state index contributed by atoms with van der Waals surface area (Å²) in [6.45, 7) is 5.31. The van der Waals surface area contributed by atoms with Crippen LogP contribution in [0.15, 0.2) is 24.3 Å². The Balaban J connectivity index is 1.76. The molecule has 1 N–H and O–H groups in total. The minimum absolute atomic E-state index is 0.0637. The Morgan fingerprint density at radius 1 is 1.45 bits per heavy atom. The molecule has 1 aliphatic heterocycles. The van der Waals surface area contributed by atoms with Crippen LogP contribution in [0.25, 0.3) is 4.96 Å². The number of nitrogens with zero attached hydrogens (tertiary/aromatic N) is 4. The summed E-state index contributed by atoms with van der Waals surface area (Å²) >= 11 is 7.95. The van der Waals surface area contributed by atoms with Crippen LogP contribution in [-0.4, -0.2) is 50.3 Å². The number of rotatable bonds is 5. The van der Waals surface area contributed by atoms with Crippen molar-refractivity contribution in [2.45, 2.75) is 32.7 Å². The van der Waals surface area contributed by atoms with Gasteiger partial charge in [0.25, 0.3) is 0 Å². The number of carbonyl (C=O) groups is 1. The lowest BCUT2D eigenvalue weighted by Crippen LogP contribution is -2.41. The molecule has 29 heavy (non-hydrogen) atoms. The standard InChI is InChI=1S/C20H23ClN4O3S/c1-3-28-19(27)13-7-6-10-24(11-13)16(14-8-4-5-9-15(14)21)17-18(26)25-20(29-17)22-12(2)23-25/h4-5,8-9,13,16,26H,3,6-7,10-11H2,1-2H3/t13-,16-/m0/s1. The maximum absolute atomic E-state index is 12.4. The number of ether oxygens (including phenoxy) is 1. The molecule has 9 heteroatoms. The van der Waals surface area contributed by atoms with E-state index in [4.69, 9.17) is 16.3 Å². The second-order valence-electron chi connectivity index (χ2n) is 7.15. The lowest BCUT2D eigenvalue weighted by molar-refractivity contribution is -0.150. The number of hydrogen-bond acceptors (Lipinski definition) is 7. The number of hydrogen-bond donors (Lipinski definition) is 1. The fourth-order valence-corrected chi connectivity index (χ4v) is 5.31. The lowest BCUT2D eigenvalue weighted by Gasteiger charge is -2.37. The third kappa shape index (κ3) is 3.84. The van der Waals surface area contributed by atoms with E-state index in [9.17, 15) is 9.90 Å². The van der Waals surface area contributed by atoms with E-state index in [0.29, 0.717) is 29.0 Å². The van der Waals surface area contributed by atoms with Crippen molar-refractivity contribution >= 4 is 33.9 Å². The van der Waals surface area contributed by atoms with Gasteiger partial charge in [-0.15, -0.1) is 5.10 Å². The van der Waals surface area contributed by atoms with E-state index in [1.165, 1.54) is 15.9 Å². The Morgan fingerprint density at radius 3 is 2.97 bits per heavy atom. The molecule has 0 amide bonds. The van der Waals surface area contributed by atoms with Gasteiger partial charge in [0.15, 0.2) is 0 Å². The third-order valence-electron chi connectivity index (χ3n) is 5.19. The normalized spacial score (nSPS) is 18.8. The average Bonchev–Trinajstić information content (AvgIpc) is 3.21. The molecule has 0 bridgehead atoms. The highest BCUT2D eigenvalue weighted by Gasteiger charge is 2.36. The zero-order chi connectivity index (χ0) is 20.5. The summed E-state index contributed by atoms with van der Waals surface area (Å²) in [4.78, 5) is 20.3. The minimum atomic E-state index is -0.297. The second-order valence-corrected chi connectivity index (χ2v) is 8.57. The molecule has 0 unspecified atom stereocenters. The van der Waals surface area contributed by atoms with Gasteiger partial charge in [-0.1, -0.05) is 41.1 Å². The molecular formula is C20H23ClN4O3S. The molecule has 4 rings (SSSR count). The summed E-state index contributed by atoms with van der Waals surface area (Å²) in [7, 11) is 0. The van der Waals surface area contributed by atoms with E-state index in [2.05, 4.69) is 15.0 Å². The van der Waals surface area contributed by atoms with Gasteiger partial charge in [-0.25, -0.2) is 4.98 Å². The van der Waals surface area contributed by atoms with Crippen LogP contribution in [0.4, 0.5) is 0 Å². The van der Waals surface area contributed by atoms with Crippen molar-refractivity contribution in [3.05, 3.63) is 45.6 Å². The van der Waals surface area contributed by atoms with E-state index >= 15 is 0 Å². The summed E-state index contributed by atoms with van der Waals surface area (Å²) < 4.78 is 6.72. The molecule has 0 spiro atoms. The van der Waals surface area contributed by atoms with Crippen LogP contribution in [0.1, 0.15) is 42.1 Å². The zero-order valence-corrected chi connectivity index (χ0v) is 17.9. The van der Waals surface area contributed by atoms with E-state index in [-0.39, 0.29) is 23.8 Å².